The quantitative estimate of drug-likeness (QED) is 0.581. The maximum Gasteiger partial charge on any atom is 0.341 e. The van der Waals surface area contributed by atoms with Gasteiger partial charge in [-0.2, -0.15) is 0 Å². The average molecular weight is 397 g/mol. The molecule has 0 atom stereocenters. The van der Waals surface area contributed by atoms with Gasteiger partial charge < -0.3 is 14.9 Å². The minimum atomic E-state index is -0.688. The molecule has 3 rings (SSSR count). The van der Waals surface area contributed by atoms with Crippen molar-refractivity contribution >= 4 is 17.6 Å². The summed E-state index contributed by atoms with van der Waals surface area (Å²) in [6, 6.07) is 19.4. The van der Waals surface area contributed by atoms with E-state index < -0.39 is 5.97 Å². The van der Waals surface area contributed by atoms with Gasteiger partial charge in [0.15, 0.2) is 0 Å². The predicted octanol–water partition coefficient (Wildman–Crippen LogP) is 4.91. The van der Waals surface area contributed by atoms with E-state index in [0.29, 0.717) is 18.4 Å². The Morgan fingerprint density at radius 1 is 0.893 bits per heavy atom. The van der Waals surface area contributed by atoms with Crippen LogP contribution in [0.4, 0.5) is 0 Å². The number of phenols is 2. The Morgan fingerprint density at radius 3 is 2.29 bits per heavy atom. The van der Waals surface area contributed by atoms with Gasteiger partial charge in [0.25, 0.3) is 0 Å². The lowest BCUT2D eigenvalue weighted by Crippen LogP contribution is -2.08. The second-order valence-electron chi connectivity index (χ2n) is 6.56. The number of halogens is 1. The number of hydrogen-bond acceptors (Lipinski definition) is 4. The Labute approximate surface area is 169 Å². The normalized spacial score (nSPS) is 10.6. The van der Waals surface area contributed by atoms with Gasteiger partial charge in [-0.1, -0.05) is 66.2 Å². The Balaban J connectivity index is 1.83. The van der Waals surface area contributed by atoms with Gasteiger partial charge in [0.2, 0.25) is 0 Å². The molecular weight excluding hydrogens is 376 g/mol. The van der Waals surface area contributed by atoms with Crippen molar-refractivity contribution in [1.82, 2.24) is 0 Å². The fraction of sp³-hybridized carbons (Fsp3) is 0.174. The molecule has 0 aliphatic heterocycles. The molecular formula is C23H21ClO4. The zero-order valence-corrected chi connectivity index (χ0v) is 16.2. The summed E-state index contributed by atoms with van der Waals surface area (Å²) >= 11 is 6.21. The summed E-state index contributed by atoms with van der Waals surface area (Å²) in [4.78, 5) is 12.1. The van der Waals surface area contributed by atoms with Crippen LogP contribution >= 0.6 is 11.6 Å². The molecule has 5 heteroatoms. The largest absolute Gasteiger partial charge is 0.507 e. The van der Waals surface area contributed by atoms with E-state index in [1.54, 1.807) is 0 Å². The van der Waals surface area contributed by atoms with Crippen molar-refractivity contribution in [2.24, 2.45) is 0 Å². The maximum atomic E-state index is 12.1. The fourth-order valence-electron chi connectivity index (χ4n) is 3.24. The van der Waals surface area contributed by atoms with Crippen LogP contribution < -0.4 is 0 Å². The average Bonchev–Trinajstić information content (AvgIpc) is 2.70. The van der Waals surface area contributed by atoms with Gasteiger partial charge in [-0.25, -0.2) is 4.79 Å². The summed E-state index contributed by atoms with van der Waals surface area (Å²) < 4.78 is 4.75. The molecule has 0 spiro atoms. The number of aryl methyl sites for hydroxylation is 1. The molecule has 2 N–H and O–H groups in total. The van der Waals surface area contributed by atoms with Crippen molar-refractivity contribution in [2.45, 2.75) is 19.3 Å². The number of rotatable bonds is 6. The molecule has 0 radical (unpaired) electrons. The van der Waals surface area contributed by atoms with E-state index in [-0.39, 0.29) is 22.1 Å². The van der Waals surface area contributed by atoms with Crippen LogP contribution in [0.1, 0.15) is 32.6 Å². The Hall–Kier alpha value is -2.98. The van der Waals surface area contributed by atoms with Crippen LogP contribution in [-0.2, 0) is 24.0 Å². The molecule has 0 bridgehead atoms. The van der Waals surface area contributed by atoms with Crippen molar-refractivity contribution in [3.05, 3.63) is 93.5 Å². The number of methoxy groups -OCH3 is 1. The summed E-state index contributed by atoms with van der Waals surface area (Å²) in [7, 11) is 1.24. The first-order valence-electron chi connectivity index (χ1n) is 8.93. The van der Waals surface area contributed by atoms with Gasteiger partial charge >= 0.3 is 5.97 Å². The van der Waals surface area contributed by atoms with Crippen molar-refractivity contribution in [2.75, 3.05) is 7.11 Å². The zero-order valence-electron chi connectivity index (χ0n) is 15.5. The Kier molecular flexibility index (Phi) is 6.22. The van der Waals surface area contributed by atoms with Gasteiger partial charge in [-0.05, 0) is 41.5 Å². The van der Waals surface area contributed by atoms with Gasteiger partial charge in [0.1, 0.15) is 17.1 Å². The van der Waals surface area contributed by atoms with Crippen LogP contribution in [0.5, 0.6) is 11.5 Å². The molecule has 3 aromatic rings. The number of benzene rings is 3. The molecule has 0 fully saturated rings. The third-order valence-corrected chi connectivity index (χ3v) is 5.04. The Morgan fingerprint density at radius 2 is 1.57 bits per heavy atom. The van der Waals surface area contributed by atoms with E-state index >= 15 is 0 Å². The molecule has 28 heavy (non-hydrogen) atoms. The molecule has 0 amide bonds. The highest BCUT2D eigenvalue weighted by Crippen LogP contribution is 2.37. The monoisotopic (exact) mass is 396 g/mol. The molecule has 144 valence electrons. The van der Waals surface area contributed by atoms with Crippen molar-refractivity contribution in [3.8, 4) is 11.5 Å². The number of hydrogen-bond donors (Lipinski definition) is 2. The van der Waals surface area contributed by atoms with Gasteiger partial charge in [0, 0.05) is 6.07 Å². The molecule has 0 heterocycles. The van der Waals surface area contributed by atoms with Crippen molar-refractivity contribution in [1.29, 1.82) is 0 Å². The van der Waals surface area contributed by atoms with E-state index in [0.717, 1.165) is 18.1 Å². The van der Waals surface area contributed by atoms with Crippen LogP contribution in [-0.4, -0.2) is 23.3 Å². The van der Waals surface area contributed by atoms with Crippen LogP contribution in [0, 0.1) is 0 Å². The highest BCUT2D eigenvalue weighted by molar-refractivity contribution is 6.33. The minimum Gasteiger partial charge on any atom is -0.507 e. The highest BCUT2D eigenvalue weighted by Gasteiger charge is 2.22. The summed E-state index contributed by atoms with van der Waals surface area (Å²) in [5.74, 6) is -1.30. The van der Waals surface area contributed by atoms with Crippen molar-refractivity contribution < 1.29 is 19.7 Å². The van der Waals surface area contributed by atoms with Gasteiger partial charge in [-0.3, -0.25) is 0 Å². The lowest BCUT2D eigenvalue weighted by molar-refractivity contribution is 0.0596. The maximum absolute atomic E-state index is 12.1. The van der Waals surface area contributed by atoms with Gasteiger partial charge in [-0.15, -0.1) is 0 Å². The molecule has 0 aliphatic carbocycles. The predicted molar refractivity (Wildman–Crippen MR) is 109 cm³/mol. The van der Waals surface area contributed by atoms with Crippen LogP contribution in [0.3, 0.4) is 0 Å². The second kappa shape index (κ2) is 8.81. The standard InChI is InChI=1S/C23H21ClO4/c1-28-23(27)21-18(22(24)20(26)14-19(21)25)11-10-16-8-5-9-17(13-16)12-15-6-3-2-4-7-15/h2-9,13-14,25-26H,10-12H2,1H3. The topological polar surface area (TPSA) is 66.8 Å². The fourth-order valence-corrected chi connectivity index (χ4v) is 3.49. The number of aromatic hydroxyl groups is 2. The lowest BCUT2D eigenvalue weighted by atomic mass is 9.96. The van der Waals surface area contributed by atoms with Crippen LogP contribution in [0.15, 0.2) is 60.7 Å². The van der Waals surface area contributed by atoms with Crippen molar-refractivity contribution in [3.63, 3.8) is 0 Å². The smallest absolute Gasteiger partial charge is 0.341 e. The third kappa shape index (κ3) is 4.46. The van der Waals surface area contributed by atoms with Crippen LogP contribution in [0.25, 0.3) is 0 Å². The first kappa shape index (κ1) is 19.8. The van der Waals surface area contributed by atoms with E-state index in [4.69, 9.17) is 16.3 Å². The molecule has 0 aliphatic rings. The zero-order chi connectivity index (χ0) is 20.1. The van der Waals surface area contributed by atoms with E-state index in [2.05, 4.69) is 24.3 Å². The Bertz CT molecular complexity index is 983. The number of carbonyl (C=O) groups is 1. The van der Waals surface area contributed by atoms with E-state index in [9.17, 15) is 15.0 Å². The van der Waals surface area contributed by atoms with Crippen LogP contribution in [0.2, 0.25) is 5.02 Å². The highest BCUT2D eigenvalue weighted by atomic mass is 35.5. The number of carbonyl (C=O) groups excluding carboxylic acids is 1. The molecule has 4 nitrogen and oxygen atoms in total. The minimum absolute atomic E-state index is 0.00857. The number of ether oxygens (including phenoxy) is 1. The molecule has 3 aromatic carbocycles. The third-order valence-electron chi connectivity index (χ3n) is 4.62. The van der Waals surface area contributed by atoms with E-state index in [1.807, 2.05) is 30.3 Å². The first-order chi connectivity index (χ1) is 13.5. The lowest BCUT2D eigenvalue weighted by Gasteiger charge is -2.13. The SMILES string of the molecule is COC(=O)c1c(O)cc(O)c(Cl)c1CCc1cccc(Cc2ccccc2)c1. The molecule has 0 saturated carbocycles. The summed E-state index contributed by atoms with van der Waals surface area (Å²) in [6.45, 7) is 0. The second-order valence-corrected chi connectivity index (χ2v) is 6.93. The molecule has 0 aromatic heterocycles. The number of phenolic OH excluding ortho intramolecular Hbond substituents is 2. The summed E-state index contributed by atoms with van der Waals surface area (Å²) in [5, 5.41) is 20.1. The summed E-state index contributed by atoms with van der Waals surface area (Å²) in [6.07, 6.45) is 1.80. The van der Waals surface area contributed by atoms with E-state index in [1.165, 1.54) is 18.2 Å². The molecule has 0 unspecified atom stereocenters. The first-order valence-corrected chi connectivity index (χ1v) is 9.30. The molecule has 0 saturated heterocycles. The van der Waals surface area contributed by atoms with Gasteiger partial charge in [0.05, 0.1) is 12.1 Å². The number of esters is 1. The summed E-state index contributed by atoms with van der Waals surface area (Å²) in [5.41, 5.74) is 3.85.